The lowest BCUT2D eigenvalue weighted by atomic mass is 10.1. The number of nitrogens with one attached hydrogen (secondary N) is 1. The van der Waals surface area contributed by atoms with Gasteiger partial charge in [0, 0.05) is 11.0 Å². The molecule has 0 spiro atoms. The maximum absolute atomic E-state index is 5.27. The first-order chi connectivity index (χ1) is 16.5. The van der Waals surface area contributed by atoms with Gasteiger partial charge in [0.2, 0.25) is 0 Å². The van der Waals surface area contributed by atoms with Gasteiger partial charge in [-0.25, -0.2) is 0 Å². The standard InChI is InChI=1S/C29H31N4S.HI/c1-33(2,3)20-12-11-19-28-30-25(21-29-31-24-16-8-10-18-27(24)34-29)23-15-7-9-17-26(23)32(28)22-13-5-4-6-14-22;/h4-10,13-18,21H,11-12,19-20H2,1-3H3;1H/q+1;/p+1. The van der Waals surface area contributed by atoms with Gasteiger partial charge < -0.3 is 9.80 Å². The molecule has 0 aliphatic carbocycles. The molecule has 0 fully saturated rings. The average Bonchev–Trinajstić information content (AvgIpc) is 3.24. The van der Waals surface area contributed by atoms with E-state index in [4.69, 9.17) is 4.98 Å². The van der Waals surface area contributed by atoms with E-state index in [2.05, 4.69) is 116 Å². The summed E-state index contributed by atoms with van der Waals surface area (Å²) in [7, 11) is 6.77. The molecule has 4 aromatic rings. The zero-order valence-corrected chi connectivity index (χ0v) is 23.7. The van der Waals surface area contributed by atoms with E-state index in [1.807, 2.05) is 0 Å². The zero-order valence-electron chi connectivity index (χ0n) is 20.6. The van der Waals surface area contributed by atoms with Crippen molar-refractivity contribution in [1.82, 2.24) is 4.98 Å². The van der Waals surface area contributed by atoms with E-state index >= 15 is 0 Å². The molecule has 0 amide bonds. The smallest absolute Gasteiger partial charge is 0.304 e. The third-order valence-electron chi connectivity index (χ3n) is 6.05. The number of aryl methyl sites for hydroxylation is 1. The highest BCUT2D eigenvalue weighted by Gasteiger charge is 2.24. The Labute approximate surface area is 229 Å². The molecule has 5 rings (SSSR count). The van der Waals surface area contributed by atoms with Crippen LogP contribution in [0.1, 0.15) is 24.4 Å². The van der Waals surface area contributed by atoms with Crippen molar-refractivity contribution in [3.05, 3.63) is 95.4 Å². The first-order valence-electron chi connectivity index (χ1n) is 11.9. The summed E-state index contributed by atoms with van der Waals surface area (Å²) in [4.78, 5) is 6.52. The van der Waals surface area contributed by atoms with Crippen LogP contribution in [0, 0.1) is 0 Å². The number of anilines is 1. The molecule has 0 saturated carbocycles. The van der Waals surface area contributed by atoms with Crippen molar-refractivity contribution in [1.29, 1.82) is 0 Å². The Morgan fingerprint density at radius 2 is 1.60 bits per heavy atom. The molecular formula is C29H33IN4S+2. The van der Waals surface area contributed by atoms with Crippen molar-refractivity contribution < 1.29 is 9.05 Å². The number of benzene rings is 3. The second-order valence-corrected chi connectivity index (χ2v) is 10.9. The summed E-state index contributed by atoms with van der Waals surface area (Å²) in [6.07, 6.45) is 5.44. The minimum atomic E-state index is 0. The number of halogens is 1. The molecule has 6 heteroatoms. The monoisotopic (exact) mass is 596 g/mol. The Balaban J connectivity index is 0.00000289. The van der Waals surface area contributed by atoms with Gasteiger partial charge in [-0.2, -0.15) is 4.57 Å². The number of rotatable bonds is 7. The third kappa shape index (κ3) is 6.05. The van der Waals surface area contributed by atoms with Crippen LogP contribution in [-0.2, 0) is 6.42 Å². The quantitative estimate of drug-likeness (QED) is 0.112. The number of para-hydroxylation sites is 3. The van der Waals surface area contributed by atoms with E-state index in [9.17, 15) is 0 Å². The van der Waals surface area contributed by atoms with Crippen molar-refractivity contribution in [2.75, 3.05) is 33.0 Å². The maximum Gasteiger partial charge on any atom is 0.304 e. The first-order valence-corrected chi connectivity index (χ1v) is 12.7. The molecule has 1 aliphatic heterocycles. The van der Waals surface area contributed by atoms with E-state index in [0.717, 1.165) is 51.5 Å². The first kappa shape index (κ1) is 25.7. The number of quaternary nitrogens is 1. The molecule has 3 aromatic carbocycles. The van der Waals surface area contributed by atoms with Crippen LogP contribution in [0.5, 0.6) is 0 Å². The Kier molecular flexibility index (Phi) is 8.14. The summed E-state index contributed by atoms with van der Waals surface area (Å²) in [6.45, 7) is 1.16. The van der Waals surface area contributed by atoms with Crippen LogP contribution in [-0.4, -0.2) is 37.2 Å². The van der Waals surface area contributed by atoms with Gasteiger partial charge >= 0.3 is 5.82 Å². The summed E-state index contributed by atoms with van der Waals surface area (Å²) in [5, 5.41) is 5.83. The van der Waals surface area contributed by atoms with Crippen LogP contribution in [0.25, 0.3) is 22.7 Å². The van der Waals surface area contributed by atoms with Gasteiger partial charge in [0.15, 0.2) is 5.69 Å². The number of unbranched alkanes of at least 4 members (excludes halogenated alkanes) is 1. The molecular weight excluding hydrogens is 563 g/mol. The lowest BCUT2D eigenvalue weighted by molar-refractivity contribution is -0.870. The number of hydrogen-bond acceptors (Lipinski definition) is 3. The van der Waals surface area contributed by atoms with Crippen molar-refractivity contribution in [3.63, 3.8) is 0 Å². The predicted molar refractivity (Wildman–Crippen MR) is 158 cm³/mol. The molecule has 1 aliphatic rings. The highest BCUT2D eigenvalue weighted by molar-refractivity contribution is 14.0. The van der Waals surface area contributed by atoms with E-state index in [1.165, 1.54) is 22.5 Å². The average molecular weight is 597 g/mol. The van der Waals surface area contributed by atoms with E-state index in [-0.39, 0.29) is 24.0 Å². The molecule has 0 atom stereocenters. The minimum Gasteiger partial charge on any atom is -0.349 e. The summed E-state index contributed by atoms with van der Waals surface area (Å²) in [5.41, 5.74) is 4.54. The third-order valence-corrected chi connectivity index (χ3v) is 7.07. The van der Waals surface area contributed by atoms with Crippen LogP contribution >= 0.6 is 35.7 Å². The molecule has 180 valence electrons. The molecule has 2 heterocycles. The summed E-state index contributed by atoms with van der Waals surface area (Å²) >= 11 is 1.77. The van der Waals surface area contributed by atoms with E-state index in [0.29, 0.717) is 0 Å². The van der Waals surface area contributed by atoms with Crippen LogP contribution in [0.15, 0.2) is 88.8 Å². The van der Waals surface area contributed by atoms with Crippen LogP contribution in [0.3, 0.4) is 0 Å². The van der Waals surface area contributed by atoms with E-state index in [1.54, 1.807) is 11.8 Å². The van der Waals surface area contributed by atoms with Crippen LogP contribution < -0.4 is 9.88 Å². The number of thioether (sulfide) groups is 1. The van der Waals surface area contributed by atoms with E-state index < -0.39 is 0 Å². The lowest BCUT2D eigenvalue weighted by Gasteiger charge is -2.23. The van der Waals surface area contributed by atoms with Crippen molar-refractivity contribution >= 4 is 58.4 Å². The Morgan fingerprint density at radius 3 is 2.37 bits per heavy atom. The van der Waals surface area contributed by atoms with Gasteiger partial charge in [0.05, 0.1) is 50.2 Å². The van der Waals surface area contributed by atoms with Gasteiger partial charge in [-0.1, -0.05) is 54.2 Å². The second-order valence-electron chi connectivity index (χ2n) is 9.80. The molecule has 1 aromatic heterocycles. The van der Waals surface area contributed by atoms with Gasteiger partial charge in [0.25, 0.3) is 0 Å². The molecule has 4 nitrogen and oxygen atoms in total. The molecule has 1 N–H and O–H groups in total. The van der Waals surface area contributed by atoms with Gasteiger partial charge in [-0.15, -0.1) is 24.0 Å². The number of nitrogens with zero attached hydrogens (tertiary/aromatic N) is 3. The fourth-order valence-electron chi connectivity index (χ4n) is 4.41. The molecule has 0 unspecified atom stereocenters. The molecule has 0 radical (unpaired) electrons. The largest absolute Gasteiger partial charge is 0.349 e. The maximum atomic E-state index is 5.27. The Hall–Kier alpha value is -2.42. The Morgan fingerprint density at radius 1 is 0.886 bits per heavy atom. The highest BCUT2D eigenvalue weighted by Crippen LogP contribution is 2.41. The second kappa shape index (κ2) is 11.1. The fraction of sp³-hybridized carbons (Fsp3) is 0.241. The summed E-state index contributed by atoms with van der Waals surface area (Å²) < 4.78 is 3.33. The summed E-state index contributed by atoms with van der Waals surface area (Å²) in [5.74, 6) is 1.11. The zero-order chi connectivity index (χ0) is 23.5. The van der Waals surface area contributed by atoms with Gasteiger partial charge in [-0.3, -0.25) is 0 Å². The molecule has 0 bridgehead atoms. The van der Waals surface area contributed by atoms with Crippen LogP contribution in [0.4, 0.5) is 5.69 Å². The van der Waals surface area contributed by atoms with Gasteiger partial charge in [-0.05, 0) is 54.2 Å². The number of hydrogen-bond donors (Lipinski definition) is 1. The van der Waals surface area contributed by atoms with Crippen LogP contribution in [0.2, 0.25) is 0 Å². The highest BCUT2D eigenvalue weighted by atomic mass is 127. The number of aromatic nitrogens is 2. The topological polar surface area (TPSA) is 28.8 Å². The van der Waals surface area contributed by atoms with Crippen molar-refractivity contribution in [2.24, 2.45) is 0 Å². The Bertz CT molecular complexity index is 1320. The SMILES string of the molecule is C[N+](C)(C)CCCCc1nc(C=C2Nc3ccccc3S2)c2ccccc2[n+]1-c1ccccc1.I. The van der Waals surface area contributed by atoms with Crippen molar-refractivity contribution in [2.45, 2.75) is 24.2 Å². The lowest BCUT2D eigenvalue weighted by Crippen LogP contribution is -2.39. The normalized spacial score (nSPS) is 14.0. The van der Waals surface area contributed by atoms with Gasteiger partial charge in [0.1, 0.15) is 11.2 Å². The molecule has 0 saturated heterocycles. The fourth-order valence-corrected chi connectivity index (χ4v) is 5.36. The predicted octanol–water partition coefficient (Wildman–Crippen LogP) is 6.67. The summed E-state index contributed by atoms with van der Waals surface area (Å²) in [6, 6.07) is 27.7. The minimum absolute atomic E-state index is 0. The van der Waals surface area contributed by atoms with Crippen molar-refractivity contribution in [3.8, 4) is 5.69 Å². The number of fused-ring (bicyclic) bond motifs is 2. The molecule has 35 heavy (non-hydrogen) atoms.